The van der Waals surface area contributed by atoms with Gasteiger partial charge in [-0.2, -0.15) is 0 Å². The molecule has 1 aliphatic rings. The molecule has 1 N–H and O–H groups in total. The molecule has 0 spiro atoms. The van der Waals surface area contributed by atoms with Gasteiger partial charge in [0.25, 0.3) is 0 Å². The lowest BCUT2D eigenvalue weighted by molar-refractivity contribution is 0.171. The van der Waals surface area contributed by atoms with Crippen molar-refractivity contribution in [3.05, 3.63) is 48.1 Å². The fourth-order valence-corrected chi connectivity index (χ4v) is 2.39. The summed E-state index contributed by atoms with van der Waals surface area (Å²) in [6, 6.07) is 3.52. The molecule has 1 heterocycles. The monoisotopic (exact) mass is 324 g/mol. The van der Waals surface area contributed by atoms with E-state index in [2.05, 4.69) is 16.8 Å². The predicted octanol–water partition coefficient (Wildman–Crippen LogP) is 3.33. The molecule has 1 atom stereocenters. The molecular weight excluding hydrogens is 305 g/mol. The van der Waals surface area contributed by atoms with Crippen molar-refractivity contribution >= 4 is 24.8 Å². The summed E-state index contributed by atoms with van der Waals surface area (Å²) in [6.45, 7) is 7.16. The van der Waals surface area contributed by atoms with Gasteiger partial charge in [0.1, 0.15) is 11.6 Å². The van der Waals surface area contributed by atoms with E-state index >= 15 is 0 Å². The number of rotatable bonds is 4. The Morgan fingerprint density at radius 1 is 1.25 bits per heavy atom. The van der Waals surface area contributed by atoms with E-state index in [9.17, 15) is 8.78 Å². The van der Waals surface area contributed by atoms with E-state index in [1.807, 2.05) is 0 Å². The number of hydrogen-bond acceptors (Lipinski definition) is 2. The summed E-state index contributed by atoms with van der Waals surface area (Å²) in [6.07, 6.45) is 2.39. The summed E-state index contributed by atoms with van der Waals surface area (Å²) in [4.78, 5) is 2.18. The fraction of sp³-hybridized carbons (Fsp3) is 0.429. The van der Waals surface area contributed by atoms with Gasteiger partial charge in [-0.05, 0) is 24.6 Å². The molecule has 0 aromatic heterocycles. The van der Waals surface area contributed by atoms with Crippen LogP contribution in [0.1, 0.15) is 18.0 Å². The third-order valence-corrected chi connectivity index (χ3v) is 3.30. The molecule has 2 nitrogen and oxygen atoms in total. The highest BCUT2D eigenvalue weighted by molar-refractivity contribution is 5.85. The van der Waals surface area contributed by atoms with Crippen LogP contribution in [-0.4, -0.2) is 31.1 Å². The topological polar surface area (TPSA) is 15.3 Å². The zero-order valence-electron chi connectivity index (χ0n) is 11.1. The van der Waals surface area contributed by atoms with E-state index in [1.54, 1.807) is 6.08 Å². The van der Waals surface area contributed by atoms with Gasteiger partial charge in [-0.3, -0.25) is 4.90 Å². The van der Waals surface area contributed by atoms with Crippen molar-refractivity contribution < 1.29 is 8.78 Å². The summed E-state index contributed by atoms with van der Waals surface area (Å²) in [5.74, 6) is -0.739. The van der Waals surface area contributed by atoms with Crippen molar-refractivity contribution in [2.24, 2.45) is 0 Å². The molecule has 0 aliphatic carbocycles. The van der Waals surface area contributed by atoms with Crippen molar-refractivity contribution in [3.8, 4) is 0 Å². The van der Waals surface area contributed by atoms with Crippen LogP contribution in [0.25, 0.3) is 0 Å². The number of halogens is 4. The molecule has 0 saturated carbocycles. The molecule has 114 valence electrons. The molecule has 1 fully saturated rings. The number of hydrogen-bond donors (Lipinski definition) is 1. The van der Waals surface area contributed by atoms with Gasteiger partial charge in [-0.1, -0.05) is 6.08 Å². The Labute approximate surface area is 131 Å². The van der Waals surface area contributed by atoms with E-state index in [1.165, 1.54) is 12.1 Å². The maximum atomic E-state index is 13.9. The number of piperazine rings is 1. The van der Waals surface area contributed by atoms with E-state index in [0.717, 1.165) is 32.2 Å². The van der Waals surface area contributed by atoms with Crippen molar-refractivity contribution in [3.63, 3.8) is 0 Å². The number of nitrogens with one attached hydrogen (secondary N) is 1. The second kappa shape index (κ2) is 9.29. The maximum Gasteiger partial charge on any atom is 0.128 e. The SMILES string of the molecule is C=CC[C@H](c1cc(F)ccc1F)N1CCNCC1.Cl.Cl. The first kappa shape index (κ1) is 19.3. The number of nitrogens with zero attached hydrogens (tertiary/aromatic N) is 1. The highest BCUT2D eigenvalue weighted by Crippen LogP contribution is 2.27. The quantitative estimate of drug-likeness (QED) is 0.854. The van der Waals surface area contributed by atoms with Gasteiger partial charge in [0.15, 0.2) is 0 Å². The zero-order valence-corrected chi connectivity index (χ0v) is 12.8. The predicted molar refractivity (Wildman–Crippen MR) is 82.9 cm³/mol. The maximum absolute atomic E-state index is 13.9. The Morgan fingerprint density at radius 2 is 1.90 bits per heavy atom. The fourth-order valence-electron chi connectivity index (χ4n) is 2.39. The van der Waals surface area contributed by atoms with Gasteiger partial charge in [0.2, 0.25) is 0 Å². The second-order valence-corrected chi connectivity index (χ2v) is 4.49. The zero-order chi connectivity index (χ0) is 13.0. The number of benzene rings is 1. The third kappa shape index (κ3) is 4.70. The summed E-state index contributed by atoms with van der Waals surface area (Å²) in [7, 11) is 0. The highest BCUT2D eigenvalue weighted by Gasteiger charge is 2.23. The first-order valence-electron chi connectivity index (χ1n) is 6.23. The molecule has 0 bridgehead atoms. The smallest absolute Gasteiger partial charge is 0.128 e. The molecular formula is C14H20Cl2F2N2. The van der Waals surface area contributed by atoms with E-state index < -0.39 is 5.82 Å². The van der Waals surface area contributed by atoms with Gasteiger partial charge in [-0.25, -0.2) is 8.78 Å². The van der Waals surface area contributed by atoms with Crippen molar-refractivity contribution in [1.82, 2.24) is 10.2 Å². The highest BCUT2D eigenvalue weighted by atomic mass is 35.5. The first-order chi connectivity index (χ1) is 8.72. The van der Waals surface area contributed by atoms with Crippen molar-refractivity contribution in [1.29, 1.82) is 0 Å². The third-order valence-electron chi connectivity index (χ3n) is 3.30. The van der Waals surface area contributed by atoms with Crippen LogP contribution in [0.3, 0.4) is 0 Å². The van der Waals surface area contributed by atoms with Gasteiger partial charge < -0.3 is 5.32 Å². The van der Waals surface area contributed by atoms with Gasteiger partial charge in [0, 0.05) is 37.8 Å². The molecule has 6 heteroatoms. The van der Waals surface area contributed by atoms with E-state index in [-0.39, 0.29) is 36.7 Å². The Balaban J connectivity index is 0.00000180. The Bertz CT molecular complexity index is 424. The van der Waals surface area contributed by atoms with Crippen LogP contribution in [0, 0.1) is 11.6 Å². The van der Waals surface area contributed by atoms with Crippen LogP contribution in [0.4, 0.5) is 8.78 Å². The summed E-state index contributed by atoms with van der Waals surface area (Å²) in [5, 5.41) is 3.25. The van der Waals surface area contributed by atoms with Crippen LogP contribution in [0.5, 0.6) is 0 Å². The first-order valence-corrected chi connectivity index (χ1v) is 6.23. The minimum Gasteiger partial charge on any atom is -0.314 e. The normalized spacial score (nSPS) is 16.7. The molecule has 1 aliphatic heterocycles. The molecule has 2 rings (SSSR count). The Hall–Kier alpha value is -0.680. The van der Waals surface area contributed by atoms with Crippen LogP contribution < -0.4 is 5.32 Å². The lowest BCUT2D eigenvalue weighted by Gasteiger charge is -2.34. The second-order valence-electron chi connectivity index (χ2n) is 4.49. The van der Waals surface area contributed by atoms with Crippen LogP contribution in [-0.2, 0) is 0 Å². The largest absolute Gasteiger partial charge is 0.314 e. The minimum atomic E-state index is -0.393. The van der Waals surface area contributed by atoms with Crippen LogP contribution in [0.2, 0.25) is 0 Å². The average molecular weight is 325 g/mol. The summed E-state index contributed by atoms with van der Waals surface area (Å²) in [5.41, 5.74) is 0.428. The Kier molecular flexibility index (Phi) is 8.98. The van der Waals surface area contributed by atoms with E-state index in [4.69, 9.17) is 0 Å². The molecule has 0 unspecified atom stereocenters. The minimum absolute atomic E-state index is 0. The molecule has 1 aromatic rings. The summed E-state index contributed by atoms with van der Waals surface area (Å²) >= 11 is 0. The van der Waals surface area contributed by atoms with Crippen LogP contribution >= 0.6 is 24.8 Å². The van der Waals surface area contributed by atoms with E-state index in [0.29, 0.717) is 12.0 Å². The molecule has 1 aromatic carbocycles. The Morgan fingerprint density at radius 3 is 2.50 bits per heavy atom. The summed E-state index contributed by atoms with van der Waals surface area (Å²) < 4.78 is 27.1. The average Bonchev–Trinajstić information content (AvgIpc) is 2.40. The van der Waals surface area contributed by atoms with Crippen LogP contribution in [0.15, 0.2) is 30.9 Å². The molecule has 1 saturated heterocycles. The van der Waals surface area contributed by atoms with Gasteiger partial charge >= 0.3 is 0 Å². The van der Waals surface area contributed by atoms with Crippen molar-refractivity contribution in [2.45, 2.75) is 12.5 Å². The van der Waals surface area contributed by atoms with Crippen molar-refractivity contribution in [2.75, 3.05) is 26.2 Å². The lowest BCUT2D eigenvalue weighted by Crippen LogP contribution is -2.45. The molecule has 20 heavy (non-hydrogen) atoms. The standard InChI is InChI=1S/C14H18F2N2.2ClH/c1-2-3-14(18-8-6-17-7-9-18)12-10-11(15)4-5-13(12)16;;/h2,4-5,10,14,17H,1,3,6-9H2;2*1H/t14-;;/m1../s1. The van der Waals surface area contributed by atoms with Gasteiger partial charge in [0.05, 0.1) is 0 Å². The molecule has 0 radical (unpaired) electrons. The van der Waals surface area contributed by atoms with Gasteiger partial charge in [-0.15, -0.1) is 31.4 Å². The molecule has 0 amide bonds. The lowest BCUT2D eigenvalue weighted by atomic mass is 10.0.